The molecule has 0 aromatic heterocycles. The van der Waals surface area contributed by atoms with Crippen molar-refractivity contribution in [1.29, 1.82) is 5.26 Å². The molecule has 0 heterocycles. The minimum atomic E-state index is -0.836. The Labute approximate surface area is 110 Å². The number of carbonyl (C=O) groups is 1. The van der Waals surface area contributed by atoms with Gasteiger partial charge in [0.25, 0.3) is 0 Å². The van der Waals surface area contributed by atoms with Crippen molar-refractivity contribution < 1.29 is 9.90 Å². The minimum absolute atomic E-state index is 0.311. The molecule has 0 unspecified atom stereocenters. The van der Waals surface area contributed by atoms with E-state index in [1.54, 1.807) is 13.8 Å². The fourth-order valence-electron chi connectivity index (χ4n) is 1.48. The van der Waals surface area contributed by atoms with Gasteiger partial charge >= 0.3 is 5.97 Å². The molecule has 2 N–H and O–H groups in total. The van der Waals surface area contributed by atoms with E-state index >= 15 is 0 Å². The second-order valence-corrected chi connectivity index (χ2v) is 6.58. The molecule has 104 valence electrons. The molecule has 0 saturated carbocycles. The molecule has 0 aromatic carbocycles. The van der Waals surface area contributed by atoms with Crippen LogP contribution in [0.4, 0.5) is 0 Å². The highest BCUT2D eigenvalue weighted by molar-refractivity contribution is 5.75. The molecule has 0 aliphatic carbocycles. The number of hydrogen-bond donors (Lipinski definition) is 2. The Bertz CT molecular complexity index is 338. The Morgan fingerprint density at radius 2 is 1.72 bits per heavy atom. The lowest BCUT2D eigenvalue weighted by molar-refractivity contribution is -0.151. The number of carboxylic acids is 1. The molecule has 0 bridgehead atoms. The zero-order chi connectivity index (χ0) is 14.6. The van der Waals surface area contributed by atoms with E-state index < -0.39 is 16.9 Å². The van der Waals surface area contributed by atoms with Gasteiger partial charge in [-0.15, -0.1) is 0 Å². The van der Waals surface area contributed by atoms with Gasteiger partial charge < -0.3 is 10.4 Å². The van der Waals surface area contributed by atoms with Crippen molar-refractivity contribution >= 4 is 5.97 Å². The van der Waals surface area contributed by atoms with Gasteiger partial charge in [-0.2, -0.15) is 5.26 Å². The van der Waals surface area contributed by atoms with Crippen LogP contribution in [0.15, 0.2) is 0 Å². The van der Waals surface area contributed by atoms with Gasteiger partial charge in [0.1, 0.15) is 0 Å². The third-order valence-electron chi connectivity index (χ3n) is 3.95. The maximum Gasteiger partial charge on any atom is 0.310 e. The van der Waals surface area contributed by atoms with E-state index in [1.807, 2.05) is 27.7 Å². The summed E-state index contributed by atoms with van der Waals surface area (Å²) < 4.78 is 0. The molecule has 0 aromatic rings. The van der Waals surface area contributed by atoms with Crippen LogP contribution >= 0.6 is 0 Å². The molecule has 0 aliphatic heterocycles. The summed E-state index contributed by atoms with van der Waals surface area (Å²) in [6.07, 6.45) is 1.67. The predicted molar refractivity (Wildman–Crippen MR) is 72.1 cm³/mol. The minimum Gasteiger partial charge on any atom is -0.481 e. The molecule has 0 atom stereocenters. The Morgan fingerprint density at radius 1 is 1.22 bits per heavy atom. The van der Waals surface area contributed by atoms with E-state index in [0.717, 1.165) is 19.4 Å². The second kappa shape index (κ2) is 5.71. The molecule has 0 saturated heterocycles. The fourth-order valence-corrected chi connectivity index (χ4v) is 1.48. The molecule has 0 rings (SSSR count). The predicted octanol–water partition coefficient (Wildman–Crippen LogP) is 2.80. The molecule has 18 heavy (non-hydrogen) atoms. The van der Waals surface area contributed by atoms with Crippen molar-refractivity contribution in [2.24, 2.45) is 10.8 Å². The van der Waals surface area contributed by atoms with Crippen LogP contribution in [0.3, 0.4) is 0 Å². The number of hydrogen-bond acceptors (Lipinski definition) is 3. The number of carboxylic acid groups (broad SMARTS) is 1. The summed E-state index contributed by atoms with van der Waals surface area (Å²) in [5.41, 5.74) is -1.64. The molecule has 4 heteroatoms. The molecular formula is C14H26N2O2. The lowest BCUT2D eigenvalue weighted by Gasteiger charge is -2.39. The first kappa shape index (κ1) is 16.9. The third kappa shape index (κ3) is 4.30. The van der Waals surface area contributed by atoms with Gasteiger partial charge in [-0.05, 0) is 60.9 Å². The number of rotatable bonds is 7. The monoisotopic (exact) mass is 254 g/mol. The van der Waals surface area contributed by atoms with E-state index in [9.17, 15) is 9.90 Å². The van der Waals surface area contributed by atoms with Gasteiger partial charge in [-0.1, -0.05) is 0 Å². The number of nitriles is 1. The second-order valence-electron chi connectivity index (χ2n) is 6.58. The third-order valence-corrected chi connectivity index (χ3v) is 3.95. The number of nitrogens with zero attached hydrogens (tertiary/aromatic N) is 1. The molecule has 0 radical (unpaired) electrons. The highest BCUT2D eigenvalue weighted by Gasteiger charge is 2.42. The molecular weight excluding hydrogens is 228 g/mol. The van der Waals surface area contributed by atoms with Crippen LogP contribution in [-0.2, 0) is 4.79 Å². The van der Waals surface area contributed by atoms with Crippen LogP contribution in [0.25, 0.3) is 0 Å². The Balaban J connectivity index is 4.31. The van der Waals surface area contributed by atoms with Crippen LogP contribution in [-0.4, -0.2) is 23.2 Å². The van der Waals surface area contributed by atoms with Crippen LogP contribution in [0.2, 0.25) is 0 Å². The highest BCUT2D eigenvalue weighted by atomic mass is 16.4. The average molecular weight is 254 g/mol. The van der Waals surface area contributed by atoms with Gasteiger partial charge in [0.15, 0.2) is 0 Å². The first-order valence-corrected chi connectivity index (χ1v) is 6.36. The highest BCUT2D eigenvalue weighted by Crippen LogP contribution is 2.30. The van der Waals surface area contributed by atoms with Crippen LogP contribution in [0.1, 0.15) is 54.4 Å². The van der Waals surface area contributed by atoms with Crippen LogP contribution in [0, 0.1) is 22.2 Å². The van der Waals surface area contributed by atoms with Crippen molar-refractivity contribution in [3.8, 4) is 6.07 Å². The fraction of sp³-hybridized carbons (Fsp3) is 0.857. The Hall–Kier alpha value is -1.08. The first-order valence-electron chi connectivity index (χ1n) is 6.36. The molecule has 0 spiro atoms. The van der Waals surface area contributed by atoms with Gasteiger partial charge in [0.05, 0.1) is 16.9 Å². The SMILES string of the molecule is CC(C)(C#N)CCCNC(C)(C)C(C)(C)C(=O)O. The summed E-state index contributed by atoms with van der Waals surface area (Å²) in [5.74, 6) is -0.808. The topological polar surface area (TPSA) is 73.1 Å². The van der Waals surface area contributed by atoms with E-state index in [1.165, 1.54) is 0 Å². The first-order chi connectivity index (χ1) is 7.96. The van der Waals surface area contributed by atoms with Crippen LogP contribution < -0.4 is 5.32 Å². The molecule has 4 nitrogen and oxygen atoms in total. The Morgan fingerprint density at radius 3 is 2.11 bits per heavy atom. The van der Waals surface area contributed by atoms with Gasteiger partial charge in [0, 0.05) is 5.54 Å². The zero-order valence-electron chi connectivity index (χ0n) is 12.4. The molecule has 0 fully saturated rings. The largest absolute Gasteiger partial charge is 0.481 e. The average Bonchev–Trinajstić information content (AvgIpc) is 2.24. The van der Waals surface area contributed by atoms with Crippen LogP contribution in [0.5, 0.6) is 0 Å². The summed E-state index contributed by atoms with van der Waals surface area (Å²) in [6.45, 7) is 11.8. The number of aliphatic carboxylic acids is 1. The smallest absolute Gasteiger partial charge is 0.310 e. The summed E-state index contributed by atoms with van der Waals surface area (Å²) in [4.78, 5) is 11.2. The van der Waals surface area contributed by atoms with Crippen molar-refractivity contribution in [1.82, 2.24) is 5.32 Å². The van der Waals surface area contributed by atoms with E-state index in [2.05, 4.69) is 11.4 Å². The van der Waals surface area contributed by atoms with E-state index in [4.69, 9.17) is 5.26 Å². The normalized spacial score (nSPS) is 13.2. The standard InChI is InChI=1S/C14H26N2O2/c1-12(2,10-15)8-7-9-16-14(5,6)13(3,4)11(17)18/h16H,7-9H2,1-6H3,(H,17,18). The van der Waals surface area contributed by atoms with Gasteiger partial charge in [-0.3, -0.25) is 4.79 Å². The van der Waals surface area contributed by atoms with E-state index in [-0.39, 0.29) is 5.41 Å². The summed E-state index contributed by atoms with van der Waals surface area (Å²) in [6, 6.07) is 2.27. The van der Waals surface area contributed by atoms with E-state index in [0.29, 0.717) is 0 Å². The summed E-state index contributed by atoms with van der Waals surface area (Å²) >= 11 is 0. The summed E-state index contributed by atoms with van der Waals surface area (Å²) in [7, 11) is 0. The van der Waals surface area contributed by atoms with Crippen molar-refractivity contribution in [2.45, 2.75) is 59.9 Å². The quantitative estimate of drug-likeness (QED) is 0.685. The zero-order valence-corrected chi connectivity index (χ0v) is 12.4. The van der Waals surface area contributed by atoms with Gasteiger partial charge in [0.2, 0.25) is 0 Å². The lowest BCUT2D eigenvalue weighted by atomic mass is 9.74. The van der Waals surface area contributed by atoms with Crippen molar-refractivity contribution in [3.63, 3.8) is 0 Å². The Kier molecular flexibility index (Phi) is 5.36. The maximum atomic E-state index is 11.2. The van der Waals surface area contributed by atoms with Crippen molar-refractivity contribution in [2.75, 3.05) is 6.54 Å². The summed E-state index contributed by atoms with van der Waals surface area (Å²) in [5, 5.41) is 21.4. The maximum absolute atomic E-state index is 11.2. The van der Waals surface area contributed by atoms with Gasteiger partial charge in [-0.25, -0.2) is 0 Å². The lowest BCUT2D eigenvalue weighted by Crippen LogP contribution is -2.55. The van der Waals surface area contributed by atoms with Crippen molar-refractivity contribution in [3.05, 3.63) is 0 Å². The molecule has 0 aliphatic rings. The number of nitrogens with one attached hydrogen (secondary N) is 1. The molecule has 0 amide bonds.